The van der Waals surface area contributed by atoms with Gasteiger partial charge in [-0.3, -0.25) is 5.10 Å². The van der Waals surface area contributed by atoms with Crippen LogP contribution in [0.3, 0.4) is 0 Å². The largest absolute Gasteiger partial charge is 0.491 e. The summed E-state index contributed by atoms with van der Waals surface area (Å²) in [7, 11) is 0. The van der Waals surface area contributed by atoms with Crippen molar-refractivity contribution in [2.45, 2.75) is 34.6 Å². The smallest absolute Gasteiger partial charge is 0.147 e. The molecule has 3 aromatic rings. The molecule has 23 heavy (non-hydrogen) atoms. The Bertz CT molecular complexity index is 843. The Labute approximate surface area is 136 Å². The lowest BCUT2D eigenvalue weighted by Gasteiger charge is -2.20. The van der Waals surface area contributed by atoms with Crippen LogP contribution in [0.4, 0.5) is 0 Å². The molecule has 0 saturated heterocycles. The summed E-state index contributed by atoms with van der Waals surface area (Å²) in [5.74, 6) is 0.797. The number of rotatable bonds is 3. The minimum absolute atomic E-state index is 0.0852. The summed E-state index contributed by atoms with van der Waals surface area (Å²) < 4.78 is 6.12. The van der Waals surface area contributed by atoms with E-state index in [1.165, 1.54) is 11.1 Å². The van der Waals surface area contributed by atoms with Crippen molar-refractivity contribution in [2.75, 3.05) is 6.61 Å². The third kappa shape index (κ3) is 3.21. The van der Waals surface area contributed by atoms with E-state index in [2.05, 4.69) is 63.0 Å². The van der Waals surface area contributed by atoms with Gasteiger partial charge in [-0.15, -0.1) is 0 Å². The van der Waals surface area contributed by atoms with Crippen molar-refractivity contribution in [1.82, 2.24) is 15.2 Å². The number of hydrogen-bond donors (Lipinski definition) is 1. The number of H-pyrrole nitrogens is 1. The van der Waals surface area contributed by atoms with Crippen LogP contribution >= 0.6 is 0 Å². The minimum Gasteiger partial charge on any atom is -0.491 e. The lowest BCUT2D eigenvalue weighted by molar-refractivity contribution is 0.198. The lowest BCUT2D eigenvalue weighted by Crippen LogP contribution is -2.17. The molecule has 0 fully saturated rings. The fraction of sp³-hybridized carbons (Fsp3) is 0.368. The number of aromatic nitrogens is 3. The highest BCUT2D eigenvalue weighted by Gasteiger charge is 2.17. The molecule has 0 unspecified atom stereocenters. The second-order valence-electron chi connectivity index (χ2n) is 7.23. The van der Waals surface area contributed by atoms with Crippen LogP contribution in [0, 0.1) is 19.3 Å². The number of benzene rings is 1. The molecule has 2 heterocycles. The minimum atomic E-state index is 0.0852. The maximum absolute atomic E-state index is 6.12. The van der Waals surface area contributed by atoms with Crippen LogP contribution in [0.15, 0.2) is 30.5 Å². The van der Waals surface area contributed by atoms with Gasteiger partial charge in [0.25, 0.3) is 0 Å². The molecule has 120 valence electrons. The van der Waals surface area contributed by atoms with Crippen molar-refractivity contribution in [3.05, 3.63) is 41.6 Å². The van der Waals surface area contributed by atoms with Gasteiger partial charge in [-0.1, -0.05) is 39.0 Å². The summed E-state index contributed by atoms with van der Waals surface area (Å²) in [5.41, 5.74) is 6.29. The SMILES string of the molecule is Cc1cccc(-c2nc3cn[nH]c3cc2OCC(C)(C)C)c1C. The number of fused-ring (bicyclic) bond motifs is 1. The van der Waals surface area contributed by atoms with E-state index in [1.807, 2.05) is 6.07 Å². The average Bonchev–Trinajstić information content (AvgIpc) is 2.93. The van der Waals surface area contributed by atoms with Crippen LogP contribution in [0.25, 0.3) is 22.3 Å². The van der Waals surface area contributed by atoms with Crippen LogP contribution in [0.1, 0.15) is 31.9 Å². The molecule has 0 saturated carbocycles. The molecular formula is C19H23N3O. The van der Waals surface area contributed by atoms with Crippen molar-refractivity contribution < 1.29 is 4.74 Å². The van der Waals surface area contributed by atoms with Crippen LogP contribution < -0.4 is 4.74 Å². The highest BCUT2D eigenvalue weighted by molar-refractivity contribution is 5.82. The summed E-state index contributed by atoms with van der Waals surface area (Å²) in [6, 6.07) is 8.27. The van der Waals surface area contributed by atoms with Gasteiger partial charge in [0.2, 0.25) is 0 Å². The van der Waals surface area contributed by atoms with E-state index in [-0.39, 0.29) is 5.41 Å². The predicted molar refractivity (Wildman–Crippen MR) is 93.7 cm³/mol. The molecule has 0 aliphatic heterocycles. The quantitative estimate of drug-likeness (QED) is 0.765. The van der Waals surface area contributed by atoms with Gasteiger partial charge >= 0.3 is 0 Å². The zero-order valence-electron chi connectivity index (χ0n) is 14.4. The Morgan fingerprint density at radius 2 is 1.96 bits per heavy atom. The molecule has 0 aliphatic carbocycles. The summed E-state index contributed by atoms with van der Waals surface area (Å²) >= 11 is 0. The van der Waals surface area contributed by atoms with Crippen LogP contribution in [-0.4, -0.2) is 21.8 Å². The van der Waals surface area contributed by atoms with E-state index < -0.39 is 0 Å². The zero-order valence-corrected chi connectivity index (χ0v) is 14.4. The van der Waals surface area contributed by atoms with Gasteiger partial charge in [0.1, 0.15) is 17.0 Å². The highest BCUT2D eigenvalue weighted by Crippen LogP contribution is 2.34. The van der Waals surface area contributed by atoms with Gasteiger partial charge in [-0.2, -0.15) is 5.10 Å². The number of aryl methyl sites for hydroxylation is 1. The number of aromatic amines is 1. The number of pyridine rings is 1. The Hall–Kier alpha value is -2.36. The maximum atomic E-state index is 6.12. The lowest BCUT2D eigenvalue weighted by atomic mass is 9.98. The fourth-order valence-electron chi connectivity index (χ4n) is 2.46. The molecular weight excluding hydrogens is 286 g/mol. The number of hydrogen-bond acceptors (Lipinski definition) is 3. The van der Waals surface area contributed by atoms with E-state index in [0.717, 1.165) is 28.0 Å². The van der Waals surface area contributed by atoms with Crippen molar-refractivity contribution in [3.63, 3.8) is 0 Å². The molecule has 3 rings (SSSR count). The molecule has 0 amide bonds. The van der Waals surface area contributed by atoms with Gasteiger partial charge in [-0.05, 0) is 30.4 Å². The van der Waals surface area contributed by atoms with Gasteiger partial charge in [0, 0.05) is 11.6 Å². The van der Waals surface area contributed by atoms with E-state index in [9.17, 15) is 0 Å². The molecule has 0 spiro atoms. The summed E-state index contributed by atoms with van der Waals surface area (Å²) in [6.07, 6.45) is 1.75. The Morgan fingerprint density at radius 3 is 2.70 bits per heavy atom. The topological polar surface area (TPSA) is 50.8 Å². The second kappa shape index (κ2) is 5.69. The zero-order chi connectivity index (χ0) is 16.6. The molecule has 4 nitrogen and oxygen atoms in total. The number of nitrogens with one attached hydrogen (secondary N) is 1. The van der Waals surface area contributed by atoms with Crippen molar-refractivity contribution in [3.8, 4) is 17.0 Å². The van der Waals surface area contributed by atoms with Gasteiger partial charge in [0.15, 0.2) is 0 Å². The van der Waals surface area contributed by atoms with Gasteiger partial charge in [-0.25, -0.2) is 4.98 Å². The molecule has 1 N–H and O–H groups in total. The molecule has 4 heteroatoms. The van der Waals surface area contributed by atoms with Crippen molar-refractivity contribution in [2.24, 2.45) is 5.41 Å². The molecule has 2 aromatic heterocycles. The van der Waals surface area contributed by atoms with E-state index in [1.54, 1.807) is 6.20 Å². The molecule has 0 atom stereocenters. The number of ether oxygens (including phenoxy) is 1. The molecule has 0 aliphatic rings. The Morgan fingerprint density at radius 1 is 1.17 bits per heavy atom. The van der Waals surface area contributed by atoms with Crippen molar-refractivity contribution in [1.29, 1.82) is 0 Å². The predicted octanol–water partition coefficient (Wildman–Crippen LogP) is 4.67. The molecule has 0 bridgehead atoms. The first kappa shape index (κ1) is 15.5. The van der Waals surface area contributed by atoms with Gasteiger partial charge in [0.05, 0.1) is 18.3 Å². The monoisotopic (exact) mass is 309 g/mol. The molecule has 0 radical (unpaired) electrons. The molecule has 1 aromatic carbocycles. The first-order chi connectivity index (χ1) is 10.8. The summed E-state index contributed by atoms with van der Waals surface area (Å²) in [6.45, 7) is 11.3. The van der Waals surface area contributed by atoms with E-state index in [4.69, 9.17) is 9.72 Å². The first-order valence-corrected chi connectivity index (χ1v) is 7.89. The maximum Gasteiger partial charge on any atom is 0.147 e. The standard InChI is InChI=1S/C19H23N3O/c1-12-7-6-8-14(13(12)2)18-17(23-11-19(3,4)5)9-15-16(21-18)10-20-22-15/h6-10H,11H2,1-5H3,(H,20,22). The van der Waals surface area contributed by atoms with Crippen molar-refractivity contribution >= 4 is 11.0 Å². The Balaban J connectivity index is 2.14. The van der Waals surface area contributed by atoms with E-state index in [0.29, 0.717) is 6.61 Å². The third-order valence-electron chi connectivity index (χ3n) is 3.91. The second-order valence-corrected chi connectivity index (χ2v) is 7.23. The highest BCUT2D eigenvalue weighted by atomic mass is 16.5. The first-order valence-electron chi connectivity index (χ1n) is 7.89. The van der Waals surface area contributed by atoms with Crippen LogP contribution in [-0.2, 0) is 0 Å². The Kier molecular flexibility index (Phi) is 3.84. The van der Waals surface area contributed by atoms with Gasteiger partial charge < -0.3 is 4.74 Å². The van der Waals surface area contributed by atoms with Crippen LogP contribution in [0.5, 0.6) is 5.75 Å². The van der Waals surface area contributed by atoms with Crippen LogP contribution in [0.2, 0.25) is 0 Å². The normalized spacial score (nSPS) is 11.9. The summed E-state index contributed by atoms with van der Waals surface area (Å²) in [4.78, 5) is 4.79. The van der Waals surface area contributed by atoms with E-state index >= 15 is 0 Å². The third-order valence-corrected chi connectivity index (χ3v) is 3.91. The average molecular weight is 309 g/mol. The number of nitrogens with zero attached hydrogens (tertiary/aromatic N) is 2. The summed E-state index contributed by atoms with van der Waals surface area (Å²) in [5, 5.41) is 7.05. The fourth-order valence-corrected chi connectivity index (χ4v) is 2.46.